The molecule has 0 unspecified atom stereocenters. The fourth-order valence-electron chi connectivity index (χ4n) is 1.76. The van der Waals surface area contributed by atoms with Gasteiger partial charge in [0, 0.05) is 28.7 Å². The normalized spacial score (nSPS) is 11.1. The molecule has 0 radical (unpaired) electrons. The van der Waals surface area contributed by atoms with Crippen molar-refractivity contribution in [1.29, 1.82) is 0 Å². The number of hydrogen-bond donors (Lipinski definition) is 3. The lowest BCUT2D eigenvalue weighted by molar-refractivity contribution is 1.10. The van der Waals surface area contributed by atoms with Crippen molar-refractivity contribution >= 4 is 28.3 Å². The third-order valence-corrected chi connectivity index (χ3v) is 2.84. The first-order valence-corrected chi connectivity index (χ1v) is 5.20. The molecule has 0 aliphatic rings. The molecule has 4 N–H and O–H groups in total. The van der Waals surface area contributed by atoms with Crippen LogP contribution in [0.3, 0.4) is 0 Å². The molecule has 3 rings (SSSR count). The SMILES string of the molecule is Nc1cc(-c2cc(Cl)c3cc[nH]c3c2)[nH]n1. The first-order valence-electron chi connectivity index (χ1n) is 4.82. The second-order valence-corrected chi connectivity index (χ2v) is 4.01. The molecule has 0 aliphatic carbocycles. The lowest BCUT2D eigenvalue weighted by Crippen LogP contribution is -1.81. The number of nitrogen functional groups attached to an aromatic ring is 1. The van der Waals surface area contributed by atoms with Crippen molar-refractivity contribution in [2.24, 2.45) is 0 Å². The second-order valence-electron chi connectivity index (χ2n) is 3.60. The van der Waals surface area contributed by atoms with Crippen LogP contribution in [-0.2, 0) is 0 Å². The molecule has 0 fully saturated rings. The number of rotatable bonds is 1. The molecule has 0 atom stereocenters. The van der Waals surface area contributed by atoms with Crippen molar-refractivity contribution in [1.82, 2.24) is 15.2 Å². The van der Waals surface area contributed by atoms with Crippen molar-refractivity contribution in [2.75, 3.05) is 5.73 Å². The molecule has 3 aromatic rings. The number of benzene rings is 1. The highest BCUT2D eigenvalue weighted by atomic mass is 35.5. The topological polar surface area (TPSA) is 70.5 Å². The minimum Gasteiger partial charge on any atom is -0.382 e. The van der Waals surface area contributed by atoms with Gasteiger partial charge in [-0.1, -0.05) is 11.6 Å². The summed E-state index contributed by atoms with van der Waals surface area (Å²) in [4.78, 5) is 3.13. The van der Waals surface area contributed by atoms with E-state index in [0.29, 0.717) is 10.8 Å². The van der Waals surface area contributed by atoms with Gasteiger partial charge in [-0.3, -0.25) is 5.10 Å². The lowest BCUT2D eigenvalue weighted by atomic mass is 10.1. The highest BCUT2D eigenvalue weighted by Gasteiger charge is 2.06. The van der Waals surface area contributed by atoms with Gasteiger partial charge in [0.1, 0.15) is 5.82 Å². The third-order valence-electron chi connectivity index (χ3n) is 2.53. The zero-order valence-corrected chi connectivity index (χ0v) is 9.05. The van der Waals surface area contributed by atoms with Gasteiger partial charge in [-0.15, -0.1) is 0 Å². The first-order chi connectivity index (χ1) is 7.74. The number of nitrogens with zero attached hydrogens (tertiary/aromatic N) is 1. The van der Waals surface area contributed by atoms with Gasteiger partial charge >= 0.3 is 0 Å². The van der Waals surface area contributed by atoms with Gasteiger partial charge in [-0.05, 0) is 18.2 Å². The monoisotopic (exact) mass is 232 g/mol. The van der Waals surface area contributed by atoms with Crippen LogP contribution in [0, 0.1) is 0 Å². The van der Waals surface area contributed by atoms with Gasteiger partial charge in [0.2, 0.25) is 0 Å². The Balaban J connectivity index is 2.24. The van der Waals surface area contributed by atoms with E-state index < -0.39 is 0 Å². The summed E-state index contributed by atoms with van der Waals surface area (Å²) in [6, 6.07) is 7.63. The highest BCUT2D eigenvalue weighted by molar-refractivity contribution is 6.35. The molecule has 2 heterocycles. The number of H-pyrrole nitrogens is 2. The number of aromatic nitrogens is 3. The number of fused-ring (bicyclic) bond motifs is 1. The molecule has 2 aromatic heterocycles. The largest absolute Gasteiger partial charge is 0.382 e. The Morgan fingerprint density at radius 1 is 1.25 bits per heavy atom. The fraction of sp³-hybridized carbons (Fsp3) is 0. The van der Waals surface area contributed by atoms with E-state index in [4.69, 9.17) is 17.3 Å². The van der Waals surface area contributed by atoms with Gasteiger partial charge in [0.05, 0.1) is 10.7 Å². The highest BCUT2D eigenvalue weighted by Crippen LogP contribution is 2.29. The average Bonchev–Trinajstić information content (AvgIpc) is 2.85. The van der Waals surface area contributed by atoms with Crippen LogP contribution < -0.4 is 5.73 Å². The summed E-state index contributed by atoms with van der Waals surface area (Å²) in [6.07, 6.45) is 1.86. The van der Waals surface area contributed by atoms with Crippen molar-refractivity contribution < 1.29 is 0 Å². The van der Waals surface area contributed by atoms with Crippen LogP contribution in [0.5, 0.6) is 0 Å². The van der Waals surface area contributed by atoms with E-state index in [9.17, 15) is 0 Å². The van der Waals surface area contributed by atoms with E-state index >= 15 is 0 Å². The Labute approximate surface area is 96.4 Å². The van der Waals surface area contributed by atoms with E-state index in [1.54, 1.807) is 6.07 Å². The molecule has 5 heteroatoms. The molecule has 0 saturated carbocycles. The van der Waals surface area contributed by atoms with E-state index in [1.807, 2.05) is 24.4 Å². The molecule has 16 heavy (non-hydrogen) atoms. The van der Waals surface area contributed by atoms with Gasteiger partial charge in [0.25, 0.3) is 0 Å². The Kier molecular flexibility index (Phi) is 1.91. The predicted octanol–water partition coefficient (Wildman–Crippen LogP) is 2.79. The Morgan fingerprint density at radius 2 is 2.12 bits per heavy atom. The van der Waals surface area contributed by atoms with Gasteiger partial charge in [-0.2, -0.15) is 5.10 Å². The number of halogens is 1. The molecule has 0 amide bonds. The zero-order chi connectivity index (χ0) is 11.1. The van der Waals surface area contributed by atoms with Crippen molar-refractivity contribution in [2.45, 2.75) is 0 Å². The van der Waals surface area contributed by atoms with Gasteiger partial charge in [-0.25, -0.2) is 0 Å². The molecule has 80 valence electrons. The smallest absolute Gasteiger partial charge is 0.145 e. The maximum atomic E-state index is 6.17. The second kappa shape index (κ2) is 3.28. The number of hydrogen-bond acceptors (Lipinski definition) is 2. The Hall–Kier alpha value is -1.94. The maximum absolute atomic E-state index is 6.17. The van der Waals surface area contributed by atoms with Crippen LogP contribution in [0.25, 0.3) is 22.2 Å². The molecule has 1 aromatic carbocycles. The zero-order valence-electron chi connectivity index (χ0n) is 8.29. The molecular weight excluding hydrogens is 224 g/mol. The minimum absolute atomic E-state index is 0.470. The van der Waals surface area contributed by atoms with Crippen molar-refractivity contribution in [3.05, 3.63) is 35.5 Å². The maximum Gasteiger partial charge on any atom is 0.145 e. The van der Waals surface area contributed by atoms with Crippen LogP contribution in [0.2, 0.25) is 5.02 Å². The van der Waals surface area contributed by atoms with Gasteiger partial charge in [0.15, 0.2) is 0 Å². The fourth-order valence-corrected chi connectivity index (χ4v) is 2.04. The number of anilines is 1. The molecular formula is C11H9ClN4. The average molecular weight is 233 g/mol. The van der Waals surface area contributed by atoms with Crippen LogP contribution in [0.1, 0.15) is 0 Å². The number of nitrogens with two attached hydrogens (primary N) is 1. The Bertz CT molecular complexity index is 653. The molecule has 0 spiro atoms. The molecule has 0 aliphatic heterocycles. The minimum atomic E-state index is 0.470. The van der Waals surface area contributed by atoms with Crippen molar-refractivity contribution in [3.63, 3.8) is 0 Å². The molecule has 0 bridgehead atoms. The molecule has 0 saturated heterocycles. The van der Waals surface area contributed by atoms with E-state index in [2.05, 4.69) is 15.2 Å². The number of aromatic amines is 2. The van der Waals surface area contributed by atoms with E-state index in [1.165, 1.54) is 0 Å². The number of nitrogens with one attached hydrogen (secondary N) is 2. The van der Waals surface area contributed by atoms with Crippen LogP contribution >= 0.6 is 11.6 Å². The molecule has 4 nitrogen and oxygen atoms in total. The third kappa shape index (κ3) is 1.35. The van der Waals surface area contributed by atoms with Crippen molar-refractivity contribution in [3.8, 4) is 11.3 Å². The standard InChI is InChI=1S/C11H9ClN4/c12-8-3-6(9-5-11(13)16-15-9)4-10-7(8)1-2-14-10/h1-5,14H,(H3,13,15,16). The summed E-state index contributed by atoms with van der Waals surface area (Å²) in [6.45, 7) is 0. The van der Waals surface area contributed by atoms with Crippen LogP contribution in [0.4, 0.5) is 5.82 Å². The predicted molar refractivity (Wildman–Crippen MR) is 65.3 cm³/mol. The summed E-state index contributed by atoms with van der Waals surface area (Å²) in [5, 5.41) is 8.47. The first kappa shape index (κ1) is 9.30. The summed E-state index contributed by atoms with van der Waals surface area (Å²) in [7, 11) is 0. The van der Waals surface area contributed by atoms with Crippen LogP contribution in [-0.4, -0.2) is 15.2 Å². The summed E-state index contributed by atoms with van der Waals surface area (Å²) >= 11 is 6.17. The summed E-state index contributed by atoms with van der Waals surface area (Å²) in [5.74, 6) is 0.470. The van der Waals surface area contributed by atoms with Gasteiger partial charge < -0.3 is 10.7 Å². The Morgan fingerprint density at radius 3 is 2.88 bits per heavy atom. The summed E-state index contributed by atoms with van der Waals surface area (Å²) in [5.41, 5.74) is 8.38. The van der Waals surface area contributed by atoms with E-state index in [0.717, 1.165) is 22.2 Å². The lowest BCUT2D eigenvalue weighted by Gasteiger charge is -2.00. The van der Waals surface area contributed by atoms with E-state index in [-0.39, 0.29) is 0 Å². The summed E-state index contributed by atoms with van der Waals surface area (Å²) < 4.78 is 0. The quantitative estimate of drug-likeness (QED) is 0.604. The van der Waals surface area contributed by atoms with Crippen LogP contribution in [0.15, 0.2) is 30.5 Å².